The first kappa shape index (κ1) is 26.9. The van der Waals surface area contributed by atoms with Crippen molar-refractivity contribution in [2.75, 3.05) is 24.6 Å². The van der Waals surface area contributed by atoms with E-state index >= 15 is 0 Å². The van der Waals surface area contributed by atoms with Gasteiger partial charge in [0.1, 0.15) is 17.1 Å². The van der Waals surface area contributed by atoms with Gasteiger partial charge < -0.3 is 19.9 Å². The molecule has 0 atom stereocenters. The number of H-pyrrole nitrogens is 1. The summed E-state index contributed by atoms with van der Waals surface area (Å²) in [7, 11) is 1.78. The number of anilines is 1. The van der Waals surface area contributed by atoms with Crippen molar-refractivity contribution in [3.05, 3.63) is 70.1 Å². The van der Waals surface area contributed by atoms with Crippen molar-refractivity contribution in [3.63, 3.8) is 0 Å². The molecule has 4 aromatic rings. The fourth-order valence-corrected chi connectivity index (χ4v) is 4.53. The molecule has 0 saturated heterocycles. The molecular weight excluding hydrogens is 478 g/mol. The number of aryl methyl sites for hydroxylation is 2. The normalized spacial score (nSPS) is 11.7. The van der Waals surface area contributed by atoms with Gasteiger partial charge in [0.05, 0.1) is 24.4 Å². The van der Waals surface area contributed by atoms with E-state index in [4.69, 9.17) is 14.7 Å². The zero-order chi connectivity index (χ0) is 27.1. The number of nitrogens with one attached hydrogen (secondary N) is 2. The summed E-state index contributed by atoms with van der Waals surface area (Å²) in [6.45, 7) is 10.7. The van der Waals surface area contributed by atoms with E-state index in [9.17, 15) is 4.79 Å². The van der Waals surface area contributed by atoms with Gasteiger partial charge in [0.2, 0.25) is 0 Å². The lowest BCUT2D eigenvalue weighted by atomic mass is 10.1. The Morgan fingerprint density at radius 3 is 2.61 bits per heavy atom. The topological polar surface area (TPSA) is 100 Å². The third-order valence-corrected chi connectivity index (χ3v) is 6.24. The Kier molecular flexibility index (Phi) is 8.78. The third-order valence-electron chi connectivity index (χ3n) is 6.24. The predicted octanol–water partition coefficient (Wildman–Crippen LogP) is 4.67. The molecule has 0 aliphatic heterocycles. The van der Waals surface area contributed by atoms with E-state index in [1.54, 1.807) is 11.7 Å². The van der Waals surface area contributed by atoms with Gasteiger partial charge in [-0.2, -0.15) is 5.10 Å². The summed E-state index contributed by atoms with van der Waals surface area (Å²) in [5, 5.41) is 7.97. The number of hydrogen-bond donors (Lipinski definition) is 2. The third kappa shape index (κ3) is 5.72. The molecule has 2 aromatic heterocycles. The van der Waals surface area contributed by atoms with E-state index in [0.717, 1.165) is 42.3 Å². The lowest BCUT2D eigenvalue weighted by Crippen LogP contribution is -2.41. The first-order chi connectivity index (χ1) is 18.5. The molecule has 4 rings (SSSR count). The van der Waals surface area contributed by atoms with Crippen LogP contribution in [-0.2, 0) is 20.0 Å². The lowest BCUT2D eigenvalue weighted by molar-refractivity contribution is 0.341. The number of rotatable bonds is 10. The minimum atomic E-state index is -0.222. The van der Waals surface area contributed by atoms with Crippen LogP contribution in [0.1, 0.15) is 45.4 Å². The second kappa shape index (κ2) is 12.4. The van der Waals surface area contributed by atoms with E-state index < -0.39 is 0 Å². The second-order valence-corrected chi connectivity index (χ2v) is 8.95. The molecule has 0 radical (unpaired) electrons. The van der Waals surface area contributed by atoms with Crippen LogP contribution in [0.25, 0.3) is 22.4 Å². The van der Waals surface area contributed by atoms with Crippen LogP contribution in [0.4, 0.5) is 5.69 Å². The van der Waals surface area contributed by atoms with Crippen LogP contribution in [0.15, 0.2) is 58.3 Å². The van der Waals surface area contributed by atoms with Crippen molar-refractivity contribution in [2.24, 2.45) is 12.0 Å². The Labute approximate surface area is 223 Å². The molecule has 2 aromatic carbocycles. The zero-order valence-corrected chi connectivity index (χ0v) is 22.9. The number of benzene rings is 2. The fourth-order valence-electron chi connectivity index (χ4n) is 4.53. The largest absolute Gasteiger partial charge is 0.493 e. The minimum Gasteiger partial charge on any atom is -0.493 e. The molecule has 0 aliphatic rings. The molecule has 9 heteroatoms. The maximum atomic E-state index is 13.1. The first-order valence-electron chi connectivity index (χ1n) is 13.3. The van der Waals surface area contributed by atoms with Gasteiger partial charge in [0.15, 0.2) is 11.5 Å². The highest BCUT2D eigenvalue weighted by Crippen LogP contribution is 2.33. The van der Waals surface area contributed by atoms with Gasteiger partial charge >= 0.3 is 0 Å². The van der Waals surface area contributed by atoms with Crippen molar-refractivity contribution in [1.29, 1.82) is 0 Å². The predicted molar refractivity (Wildman–Crippen MR) is 154 cm³/mol. The molecule has 2 heterocycles. The number of nitrogens with zero attached hydrogens (tertiary/aromatic N) is 5. The smallest absolute Gasteiger partial charge is 0.277 e. The monoisotopic (exact) mass is 515 g/mol. The first-order valence-corrected chi connectivity index (χ1v) is 13.3. The number of guanidine groups is 1. The average Bonchev–Trinajstić information content (AvgIpc) is 3.24. The quantitative estimate of drug-likeness (QED) is 0.235. The lowest BCUT2D eigenvalue weighted by Gasteiger charge is -2.26. The fraction of sp³-hybridized carbons (Fsp3) is 0.379. The van der Waals surface area contributed by atoms with Crippen LogP contribution >= 0.6 is 0 Å². The van der Waals surface area contributed by atoms with E-state index in [1.807, 2.05) is 43.3 Å². The summed E-state index contributed by atoms with van der Waals surface area (Å²) in [5.41, 5.74) is 4.48. The van der Waals surface area contributed by atoms with Gasteiger partial charge in [-0.05, 0) is 51.0 Å². The molecule has 0 saturated carbocycles. The Balaban J connectivity index is 1.81. The van der Waals surface area contributed by atoms with E-state index in [1.165, 1.54) is 0 Å². The highest BCUT2D eigenvalue weighted by molar-refractivity contribution is 5.97. The number of hydrogen-bond acceptors (Lipinski definition) is 5. The molecule has 38 heavy (non-hydrogen) atoms. The highest BCUT2D eigenvalue weighted by Gasteiger charge is 2.20. The molecule has 0 unspecified atom stereocenters. The van der Waals surface area contributed by atoms with Gasteiger partial charge in [-0.15, -0.1) is 0 Å². The number of fused-ring (bicyclic) bond motifs is 1. The van der Waals surface area contributed by atoms with Crippen LogP contribution in [0, 0.1) is 0 Å². The van der Waals surface area contributed by atoms with Crippen molar-refractivity contribution >= 4 is 22.7 Å². The highest BCUT2D eigenvalue weighted by atomic mass is 16.5. The molecule has 9 nitrogen and oxygen atoms in total. The molecule has 0 aliphatic carbocycles. The van der Waals surface area contributed by atoms with Crippen LogP contribution in [0.2, 0.25) is 0 Å². The zero-order valence-electron chi connectivity index (χ0n) is 22.9. The molecule has 0 fully saturated rings. The summed E-state index contributed by atoms with van der Waals surface area (Å²) in [5.74, 6) is 1.89. The van der Waals surface area contributed by atoms with Crippen molar-refractivity contribution in [2.45, 2.75) is 47.1 Å². The summed E-state index contributed by atoms with van der Waals surface area (Å²) < 4.78 is 7.57. The van der Waals surface area contributed by atoms with E-state index in [0.29, 0.717) is 47.9 Å². The number of aliphatic imine (C=N–C) groups is 1. The standard InChI is InChI=1S/C29H37N7O2/c1-6-13-23-25-26(35(5)34-23)28(37)33-27(32-25)22-18-21(16-17-24(22)38-9-4)36(8-3)29(30-7-2)31-19-20-14-11-10-12-15-20/h10-12,14-18H,6-9,13,19H2,1-5H3,(H,30,31)(H,32,33,37). The Bertz CT molecular complexity index is 1460. The maximum absolute atomic E-state index is 13.1. The van der Waals surface area contributed by atoms with Gasteiger partial charge in [-0.3, -0.25) is 9.48 Å². The van der Waals surface area contributed by atoms with E-state index in [2.05, 4.69) is 53.2 Å². The molecular formula is C29H37N7O2. The Hall–Kier alpha value is -4.14. The number of aromatic nitrogens is 4. The molecule has 2 N–H and O–H groups in total. The molecule has 200 valence electrons. The van der Waals surface area contributed by atoms with Crippen LogP contribution < -0.4 is 20.5 Å². The Morgan fingerprint density at radius 1 is 1.13 bits per heavy atom. The molecule has 0 amide bonds. The van der Waals surface area contributed by atoms with Crippen molar-refractivity contribution < 1.29 is 4.74 Å². The molecule has 0 spiro atoms. The summed E-state index contributed by atoms with van der Waals surface area (Å²) in [4.78, 5) is 28.0. The van der Waals surface area contributed by atoms with Crippen molar-refractivity contribution in [3.8, 4) is 17.1 Å². The number of aromatic amines is 1. The van der Waals surface area contributed by atoms with Gasteiger partial charge in [-0.25, -0.2) is 9.98 Å². The van der Waals surface area contributed by atoms with Crippen molar-refractivity contribution in [1.82, 2.24) is 25.1 Å². The minimum absolute atomic E-state index is 0.222. The van der Waals surface area contributed by atoms with Gasteiger partial charge in [0, 0.05) is 25.8 Å². The van der Waals surface area contributed by atoms with Gasteiger partial charge in [-0.1, -0.05) is 43.7 Å². The SMILES string of the molecule is CCCc1nn(C)c2c(=O)[nH]c(-c3cc(N(CC)C(=NCc4ccccc4)NCC)ccc3OCC)nc12. The van der Waals surface area contributed by atoms with Crippen LogP contribution in [-0.4, -0.2) is 45.4 Å². The van der Waals surface area contributed by atoms with Crippen LogP contribution in [0.5, 0.6) is 5.75 Å². The summed E-state index contributed by atoms with van der Waals surface area (Å²) >= 11 is 0. The average molecular weight is 516 g/mol. The number of ether oxygens (including phenoxy) is 1. The summed E-state index contributed by atoms with van der Waals surface area (Å²) in [6, 6.07) is 16.1. The Morgan fingerprint density at radius 2 is 1.92 bits per heavy atom. The van der Waals surface area contributed by atoms with Crippen LogP contribution in [0.3, 0.4) is 0 Å². The second-order valence-electron chi connectivity index (χ2n) is 8.95. The molecule has 0 bridgehead atoms. The van der Waals surface area contributed by atoms with Gasteiger partial charge in [0.25, 0.3) is 5.56 Å². The summed E-state index contributed by atoms with van der Waals surface area (Å²) in [6.07, 6.45) is 1.66. The van der Waals surface area contributed by atoms with E-state index in [-0.39, 0.29) is 5.56 Å². The maximum Gasteiger partial charge on any atom is 0.277 e.